The lowest BCUT2D eigenvalue weighted by molar-refractivity contribution is 0.287. The van der Waals surface area contributed by atoms with Crippen molar-refractivity contribution in [1.29, 1.82) is 0 Å². The van der Waals surface area contributed by atoms with Crippen LogP contribution in [0.25, 0.3) is 0 Å². The van der Waals surface area contributed by atoms with E-state index in [4.69, 9.17) is 5.11 Å². The summed E-state index contributed by atoms with van der Waals surface area (Å²) >= 11 is 0. The molecule has 0 fully saturated rings. The molecule has 1 atom stereocenters. The molecular weight excluding hydrogens is 224 g/mol. The molecule has 1 aromatic rings. The van der Waals surface area contributed by atoms with E-state index in [1.807, 2.05) is 21.6 Å². The number of benzene rings is 1. The number of aliphatic hydroxyl groups is 1. The monoisotopic (exact) mass is 242 g/mol. The lowest BCUT2D eigenvalue weighted by atomic mass is 10.2. The van der Waals surface area contributed by atoms with Crippen LogP contribution in [-0.2, 0) is 0 Å². The van der Waals surface area contributed by atoms with E-state index in [9.17, 15) is 0 Å². The third kappa shape index (κ3) is 5.50. The molecule has 0 aliphatic carbocycles. The largest absolute Gasteiger partial charge is 0.396 e. The quantitative estimate of drug-likeness (QED) is 0.578. The van der Waals surface area contributed by atoms with Crippen molar-refractivity contribution in [3.8, 4) is 0 Å². The molecule has 0 bridgehead atoms. The molecule has 84 valence electrons. The number of hydrogen-bond donors (Lipinski definition) is 1. The van der Waals surface area contributed by atoms with E-state index in [2.05, 4.69) is 37.3 Å². The minimum atomic E-state index is 0.319. The van der Waals surface area contributed by atoms with Gasteiger partial charge >= 0.3 is 0 Å². The molecule has 0 aliphatic heterocycles. The Kier molecular flexibility index (Phi) is 6.98. The number of aliphatic hydroxyl groups excluding tert-OH is 1. The summed E-state index contributed by atoms with van der Waals surface area (Å²) in [5.74, 6) is 1.13. The van der Waals surface area contributed by atoms with E-state index in [0.717, 1.165) is 18.6 Å². The average Bonchev–Trinajstić information content (AvgIpc) is 2.30. The van der Waals surface area contributed by atoms with Crippen molar-refractivity contribution < 1.29 is 5.11 Å². The highest BCUT2D eigenvalue weighted by Gasteiger charge is 2.04. The first-order valence-electron chi connectivity index (χ1n) is 5.28. The first kappa shape index (κ1) is 12.9. The maximum Gasteiger partial charge on any atom is 0.0431 e. The van der Waals surface area contributed by atoms with E-state index in [1.54, 1.807) is 0 Å². The smallest absolute Gasteiger partial charge is 0.0431 e. The lowest BCUT2D eigenvalue weighted by Crippen LogP contribution is -1.87. The van der Waals surface area contributed by atoms with E-state index in [-0.39, 0.29) is 0 Å². The van der Waals surface area contributed by atoms with Crippen LogP contribution >= 0.6 is 21.6 Å². The van der Waals surface area contributed by atoms with E-state index >= 15 is 0 Å². The van der Waals surface area contributed by atoms with Gasteiger partial charge in [-0.25, -0.2) is 0 Å². The van der Waals surface area contributed by atoms with Gasteiger partial charge in [-0.05, 0) is 25.3 Å². The Morgan fingerprint density at radius 3 is 2.60 bits per heavy atom. The van der Waals surface area contributed by atoms with Crippen molar-refractivity contribution >= 4 is 21.6 Å². The molecule has 0 saturated heterocycles. The van der Waals surface area contributed by atoms with Crippen molar-refractivity contribution in [1.82, 2.24) is 0 Å². The summed E-state index contributed by atoms with van der Waals surface area (Å²) < 4.78 is 0. The van der Waals surface area contributed by atoms with E-state index in [1.165, 1.54) is 5.56 Å². The predicted octanol–water partition coefficient (Wildman–Crippen LogP) is 3.90. The third-order valence-corrected chi connectivity index (χ3v) is 5.04. The van der Waals surface area contributed by atoms with Gasteiger partial charge in [0.15, 0.2) is 0 Å². The Morgan fingerprint density at radius 1 is 1.20 bits per heavy atom. The summed E-state index contributed by atoms with van der Waals surface area (Å²) in [7, 11) is 3.82. The molecule has 0 radical (unpaired) electrons. The van der Waals surface area contributed by atoms with Crippen molar-refractivity contribution in [2.24, 2.45) is 0 Å². The van der Waals surface area contributed by atoms with Crippen LogP contribution in [0.2, 0.25) is 0 Å². The zero-order valence-corrected chi connectivity index (χ0v) is 10.7. The highest BCUT2D eigenvalue weighted by atomic mass is 33.1. The zero-order valence-electron chi connectivity index (χ0n) is 9.06. The van der Waals surface area contributed by atoms with Crippen LogP contribution in [0.3, 0.4) is 0 Å². The Labute approximate surface area is 100 Å². The van der Waals surface area contributed by atoms with Crippen molar-refractivity contribution in [2.75, 3.05) is 12.4 Å². The Morgan fingerprint density at radius 2 is 1.93 bits per heavy atom. The molecule has 1 aromatic carbocycles. The van der Waals surface area contributed by atoms with Crippen molar-refractivity contribution in [2.45, 2.75) is 25.0 Å². The molecule has 0 aliphatic rings. The lowest BCUT2D eigenvalue weighted by Gasteiger charge is -2.10. The fourth-order valence-electron chi connectivity index (χ4n) is 1.20. The molecule has 1 N–H and O–H groups in total. The SMILES string of the molecule is CC(SSCCCCO)c1ccccc1. The number of unbranched alkanes of at least 4 members (excludes halogenated alkanes) is 1. The zero-order chi connectivity index (χ0) is 10.9. The molecule has 0 aromatic heterocycles. The molecule has 0 saturated carbocycles. The van der Waals surface area contributed by atoms with Crippen LogP contribution in [0.1, 0.15) is 30.6 Å². The Balaban J connectivity index is 2.16. The predicted molar refractivity (Wildman–Crippen MR) is 71.2 cm³/mol. The van der Waals surface area contributed by atoms with Crippen molar-refractivity contribution in [3.63, 3.8) is 0 Å². The molecule has 15 heavy (non-hydrogen) atoms. The second-order valence-electron chi connectivity index (χ2n) is 3.40. The third-order valence-electron chi connectivity index (χ3n) is 2.12. The summed E-state index contributed by atoms with van der Waals surface area (Å²) in [6.45, 7) is 2.55. The standard InChI is InChI=1S/C12H18OS2/c1-11(12-7-3-2-4-8-12)15-14-10-6-5-9-13/h2-4,7-8,11,13H,5-6,9-10H2,1H3. The maximum absolute atomic E-state index is 8.64. The molecule has 0 heterocycles. The molecular formula is C12H18OS2. The summed E-state index contributed by atoms with van der Waals surface area (Å²) in [6.07, 6.45) is 2.03. The molecule has 1 nitrogen and oxygen atoms in total. The number of hydrogen-bond acceptors (Lipinski definition) is 3. The van der Waals surface area contributed by atoms with Gasteiger partial charge in [-0.2, -0.15) is 0 Å². The molecule has 1 unspecified atom stereocenters. The summed E-state index contributed by atoms with van der Waals surface area (Å²) in [4.78, 5) is 0. The summed E-state index contributed by atoms with van der Waals surface area (Å²) in [6, 6.07) is 10.6. The van der Waals surface area contributed by atoms with Gasteiger partial charge in [-0.1, -0.05) is 51.9 Å². The molecule has 3 heteroatoms. The van der Waals surface area contributed by atoms with Gasteiger partial charge in [-0.3, -0.25) is 0 Å². The average molecular weight is 242 g/mol. The van der Waals surface area contributed by atoms with E-state index < -0.39 is 0 Å². The topological polar surface area (TPSA) is 20.2 Å². The first-order chi connectivity index (χ1) is 7.34. The highest BCUT2D eigenvalue weighted by Crippen LogP contribution is 2.37. The van der Waals surface area contributed by atoms with Gasteiger partial charge in [0.25, 0.3) is 0 Å². The van der Waals surface area contributed by atoms with Crippen LogP contribution < -0.4 is 0 Å². The Bertz CT molecular complexity index is 251. The molecule has 1 rings (SSSR count). The van der Waals surface area contributed by atoms with Gasteiger partial charge < -0.3 is 5.11 Å². The summed E-state index contributed by atoms with van der Waals surface area (Å²) in [5.41, 5.74) is 1.39. The van der Waals surface area contributed by atoms with Crippen LogP contribution in [-0.4, -0.2) is 17.5 Å². The fourth-order valence-corrected chi connectivity index (χ4v) is 3.68. The van der Waals surface area contributed by atoms with Crippen LogP contribution in [0.5, 0.6) is 0 Å². The molecule has 0 spiro atoms. The second kappa shape index (κ2) is 8.08. The van der Waals surface area contributed by atoms with Gasteiger partial charge in [0, 0.05) is 17.6 Å². The minimum Gasteiger partial charge on any atom is -0.396 e. The maximum atomic E-state index is 8.64. The van der Waals surface area contributed by atoms with Gasteiger partial charge in [0.2, 0.25) is 0 Å². The van der Waals surface area contributed by atoms with Gasteiger partial charge in [0.05, 0.1) is 0 Å². The normalized spacial score (nSPS) is 12.7. The van der Waals surface area contributed by atoms with Crippen LogP contribution in [0, 0.1) is 0 Å². The van der Waals surface area contributed by atoms with Crippen LogP contribution in [0.4, 0.5) is 0 Å². The fraction of sp³-hybridized carbons (Fsp3) is 0.500. The summed E-state index contributed by atoms with van der Waals surface area (Å²) in [5, 5.41) is 9.18. The van der Waals surface area contributed by atoms with Gasteiger partial charge in [-0.15, -0.1) is 0 Å². The minimum absolute atomic E-state index is 0.319. The van der Waals surface area contributed by atoms with Crippen molar-refractivity contribution in [3.05, 3.63) is 35.9 Å². The highest BCUT2D eigenvalue weighted by molar-refractivity contribution is 8.76. The van der Waals surface area contributed by atoms with E-state index in [0.29, 0.717) is 11.9 Å². The Hall–Kier alpha value is -0.120. The molecule has 0 amide bonds. The van der Waals surface area contributed by atoms with Crippen LogP contribution in [0.15, 0.2) is 30.3 Å². The number of rotatable bonds is 7. The second-order valence-corrected chi connectivity index (χ2v) is 6.23. The first-order valence-corrected chi connectivity index (χ1v) is 7.67. The van der Waals surface area contributed by atoms with Gasteiger partial charge in [0.1, 0.15) is 0 Å².